The van der Waals surface area contributed by atoms with Gasteiger partial charge >= 0.3 is 5.97 Å². The average Bonchev–Trinajstić information content (AvgIpc) is 3.03. The van der Waals surface area contributed by atoms with Crippen LogP contribution in [-0.2, 0) is 14.3 Å². The zero-order valence-electron chi connectivity index (χ0n) is 15.9. The lowest BCUT2D eigenvalue weighted by Crippen LogP contribution is -2.49. The monoisotopic (exact) mass is 468 g/mol. The molecular formula is C17H33IN4O3. The van der Waals surface area contributed by atoms with E-state index >= 15 is 0 Å². The van der Waals surface area contributed by atoms with Crippen LogP contribution in [0.2, 0.25) is 0 Å². The van der Waals surface area contributed by atoms with Crippen LogP contribution in [0.1, 0.15) is 45.4 Å². The zero-order chi connectivity index (χ0) is 18.0. The number of rotatable bonds is 8. The van der Waals surface area contributed by atoms with Crippen LogP contribution in [0.4, 0.5) is 0 Å². The van der Waals surface area contributed by atoms with Gasteiger partial charge in [-0.2, -0.15) is 0 Å². The van der Waals surface area contributed by atoms with Gasteiger partial charge in [0.2, 0.25) is 5.91 Å². The lowest BCUT2D eigenvalue weighted by Gasteiger charge is -2.31. The molecule has 1 fully saturated rings. The second-order valence-corrected chi connectivity index (χ2v) is 6.45. The molecule has 0 atom stereocenters. The molecule has 25 heavy (non-hydrogen) atoms. The topological polar surface area (TPSA) is 83.0 Å². The molecule has 0 bridgehead atoms. The number of carbonyl (C=O) groups is 2. The molecule has 8 heteroatoms. The number of ether oxygens (including phenoxy) is 1. The van der Waals surface area contributed by atoms with Crippen LogP contribution < -0.4 is 10.6 Å². The lowest BCUT2D eigenvalue weighted by atomic mass is 9.84. The van der Waals surface area contributed by atoms with E-state index in [1.807, 2.05) is 14.1 Å². The average molecular weight is 468 g/mol. The molecule has 1 aliphatic rings. The molecule has 0 aromatic rings. The first-order valence-electron chi connectivity index (χ1n) is 8.77. The Labute approximate surface area is 168 Å². The predicted octanol–water partition coefficient (Wildman–Crippen LogP) is 1.76. The predicted molar refractivity (Wildman–Crippen MR) is 110 cm³/mol. The third kappa shape index (κ3) is 7.79. The van der Waals surface area contributed by atoms with Crippen molar-refractivity contribution < 1.29 is 14.3 Å². The first-order chi connectivity index (χ1) is 11.4. The molecule has 1 rings (SSSR count). The molecule has 0 aromatic carbocycles. The lowest BCUT2D eigenvalue weighted by molar-refractivity contribution is -0.143. The summed E-state index contributed by atoms with van der Waals surface area (Å²) in [5.74, 6) is 0.672. The van der Waals surface area contributed by atoms with Crippen molar-refractivity contribution in [2.45, 2.75) is 45.4 Å². The van der Waals surface area contributed by atoms with Crippen LogP contribution in [0.15, 0.2) is 4.99 Å². The molecule has 0 heterocycles. The fourth-order valence-corrected chi connectivity index (χ4v) is 3.14. The molecule has 0 saturated heterocycles. The minimum absolute atomic E-state index is 0. The maximum atomic E-state index is 12.5. The Morgan fingerprint density at radius 3 is 2.36 bits per heavy atom. The standard InChI is InChI=1S/C17H32N4O3.HI/c1-5-24-14(22)9-8-12-19-16(18-2)20-13-17(10-6-7-11-17)15(23)21(3)4;/h5-13H2,1-4H3,(H2,18,19,20);1H. The molecule has 1 aliphatic carbocycles. The maximum absolute atomic E-state index is 12.5. The summed E-state index contributed by atoms with van der Waals surface area (Å²) in [5.41, 5.74) is -0.327. The fraction of sp³-hybridized carbons (Fsp3) is 0.824. The number of nitrogens with one attached hydrogen (secondary N) is 2. The summed E-state index contributed by atoms with van der Waals surface area (Å²) in [5, 5.41) is 6.46. The van der Waals surface area contributed by atoms with E-state index in [4.69, 9.17) is 4.74 Å². The highest BCUT2D eigenvalue weighted by Gasteiger charge is 2.42. The second kappa shape index (κ2) is 12.3. The van der Waals surface area contributed by atoms with Crippen LogP contribution in [0.3, 0.4) is 0 Å². The number of guanidine groups is 1. The summed E-state index contributed by atoms with van der Waals surface area (Å²) in [4.78, 5) is 29.7. The van der Waals surface area contributed by atoms with Crippen LogP contribution in [0, 0.1) is 5.41 Å². The summed E-state index contributed by atoms with van der Waals surface area (Å²) >= 11 is 0. The van der Waals surface area contributed by atoms with Crippen molar-refractivity contribution in [1.82, 2.24) is 15.5 Å². The smallest absolute Gasteiger partial charge is 0.305 e. The maximum Gasteiger partial charge on any atom is 0.305 e. The number of hydrogen-bond donors (Lipinski definition) is 2. The highest BCUT2D eigenvalue weighted by molar-refractivity contribution is 14.0. The Morgan fingerprint density at radius 2 is 1.84 bits per heavy atom. The fourth-order valence-electron chi connectivity index (χ4n) is 3.14. The minimum Gasteiger partial charge on any atom is -0.466 e. The molecule has 146 valence electrons. The Hall–Kier alpha value is -1.06. The molecule has 0 aliphatic heterocycles. The van der Waals surface area contributed by atoms with E-state index in [1.54, 1.807) is 18.9 Å². The van der Waals surface area contributed by atoms with Crippen molar-refractivity contribution in [3.05, 3.63) is 0 Å². The minimum atomic E-state index is -0.327. The molecule has 0 spiro atoms. The molecule has 2 N–H and O–H groups in total. The molecule has 0 radical (unpaired) electrons. The molecule has 0 unspecified atom stereocenters. The second-order valence-electron chi connectivity index (χ2n) is 6.45. The summed E-state index contributed by atoms with van der Waals surface area (Å²) in [7, 11) is 5.32. The van der Waals surface area contributed by atoms with E-state index in [2.05, 4.69) is 15.6 Å². The van der Waals surface area contributed by atoms with Crippen molar-refractivity contribution in [3.63, 3.8) is 0 Å². The van der Waals surface area contributed by atoms with Crippen LogP contribution in [0.25, 0.3) is 0 Å². The van der Waals surface area contributed by atoms with E-state index in [0.29, 0.717) is 38.5 Å². The van der Waals surface area contributed by atoms with Gasteiger partial charge in [0.25, 0.3) is 0 Å². The van der Waals surface area contributed by atoms with Gasteiger partial charge in [-0.25, -0.2) is 0 Å². The molecule has 0 aromatic heterocycles. The Balaban J connectivity index is 0.00000576. The third-order valence-corrected chi connectivity index (χ3v) is 4.39. The van der Waals surface area contributed by atoms with Crippen LogP contribution in [-0.4, -0.2) is 63.6 Å². The van der Waals surface area contributed by atoms with Gasteiger partial charge in [0.05, 0.1) is 12.0 Å². The normalized spacial score (nSPS) is 15.9. The number of hydrogen-bond acceptors (Lipinski definition) is 4. The molecule has 1 amide bonds. The third-order valence-electron chi connectivity index (χ3n) is 4.39. The quantitative estimate of drug-likeness (QED) is 0.187. The Morgan fingerprint density at radius 1 is 1.20 bits per heavy atom. The van der Waals surface area contributed by atoms with Crippen molar-refractivity contribution in [2.24, 2.45) is 10.4 Å². The van der Waals surface area contributed by atoms with Gasteiger partial charge in [-0.15, -0.1) is 24.0 Å². The van der Waals surface area contributed by atoms with Gasteiger partial charge in [0.15, 0.2) is 5.96 Å². The van der Waals surface area contributed by atoms with Gasteiger partial charge in [-0.05, 0) is 26.2 Å². The van der Waals surface area contributed by atoms with Gasteiger partial charge in [-0.3, -0.25) is 14.6 Å². The summed E-state index contributed by atoms with van der Waals surface area (Å²) in [6, 6.07) is 0. The molecular weight excluding hydrogens is 435 g/mol. The van der Waals surface area contributed by atoms with Crippen LogP contribution in [0.5, 0.6) is 0 Å². The molecule has 7 nitrogen and oxygen atoms in total. The SMILES string of the molecule is CCOC(=O)CCCNC(=NC)NCC1(C(=O)N(C)C)CCCC1.I. The summed E-state index contributed by atoms with van der Waals surface area (Å²) < 4.78 is 4.90. The Bertz CT molecular complexity index is 449. The number of nitrogens with zero attached hydrogens (tertiary/aromatic N) is 2. The van der Waals surface area contributed by atoms with E-state index in [1.165, 1.54) is 0 Å². The highest BCUT2D eigenvalue weighted by atomic mass is 127. The van der Waals surface area contributed by atoms with Gasteiger partial charge in [-0.1, -0.05) is 12.8 Å². The number of aliphatic imine (C=N–C) groups is 1. The van der Waals surface area contributed by atoms with E-state index < -0.39 is 0 Å². The van der Waals surface area contributed by atoms with Crippen molar-refractivity contribution in [3.8, 4) is 0 Å². The van der Waals surface area contributed by atoms with E-state index in [0.717, 1.165) is 25.7 Å². The van der Waals surface area contributed by atoms with Gasteiger partial charge in [0, 0.05) is 40.7 Å². The van der Waals surface area contributed by atoms with E-state index in [9.17, 15) is 9.59 Å². The van der Waals surface area contributed by atoms with Gasteiger partial charge in [0.1, 0.15) is 0 Å². The van der Waals surface area contributed by atoms with Crippen LogP contribution >= 0.6 is 24.0 Å². The largest absolute Gasteiger partial charge is 0.466 e. The van der Waals surface area contributed by atoms with E-state index in [-0.39, 0.29) is 41.3 Å². The van der Waals surface area contributed by atoms with Crippen molar-refractivity contribution in [1.29, 1.82) is 0 Å². The first kappa shape index (κ1) is 23.9. The summed E-state index contributed by atoms with van der Waals surface area (Å²) in [6.07, 6.45) is 5.08. The van der Waals surface area contributed by atoms with Crippen molar-refractivity contribution in [2.75, 3.05) is 40.8 Å². The number of esters is 1. The zero-order valence-corrected chi connectivity index (χ0v) is 18.2. The first-order valence-corrected chi connectivity index (χ1v) is 8.77. The Kier molecular flexibility index (Phi) is 11.8. The van der Waals surface area contributed by atoms with Crippen molar-refractivity contribution >= 4 is 41.8 Å². The highest BCUT2D eigenvalue weighted by Crippen LogP contribution is 2.38. The van der Waals surface area contributed by atoms with Gasteiger partial charge < -0.3 is 20.3 Å². The number of halogens is 1. The number of amides is 1. The number of carbonyl (C=O) groups excluding carboxylic acids is 2. The molecule has 1 saturated carbocycles. The summed E-state index contributed by atoms with van der Waals surface area (Å²) in [6.45, 7) is 3.43.